The maximum Gasteiger partial charge on any atom is 0.348 e. The molecule has 270 valence electrons. The highest BCUT2D eigenvalue weighted by Gasteiger charge is 2.40. The number of ether oxygens (including phenoxy) is 2. The number of carbonyl (C=O) groups is 2. The first kappa shape index (κ1) is 38.3. The smallest absolute Gasteiger partial charge is 0.348 e. The Bertz CT molecular complexity index is 1730. The van der Waals surface area contributed by atoms with Crippen molar-refractivity contribution in [2.24, 2.45) is 10.9 Å². The van der Waals surface area contributed by atoms with Crippen LogP contribution in [0.25, 0.3) is 17.0 Å². The number of hydrogen-bond donors (Lipinski definition) is 2. The molecule has 11 nitrogen and oxygen atoms in total. The summed E-state index contributed by atoms with van der Waals surface area (Å²) in [6.07, 6.45) is 5.87. The number of hydrogen-bond acceptors (Lipinski definition) is 8. The van der Waals surface area contributed by atoms with Crippen molar-refractivity contribution in [1.29, 1.82) is 0 Å². The number of rotatable bonds is 16. The van der Waals surface area contributed by atoms with Gasteiger partial charge >= 0.3 is 5.97 Å². The number of aryl methyl sites for hydroxylation is 1. The molecule has 3 aromatic rings. The van der Waals surface area contributed by atoms with Crippen LogP contribution in [0, 0.1) is 19.9 Å². The number of anilines is 2. The first-order valence-electron chi connectivity index (χ1n) is 17.9. The Balaban J connectivity index is 1.83. The molecule has 0 aliphatic carbocycles. The number of nitrogens with one attached hydrogen (secondary N) is 1. The van der Waals surface area contributed by atoms with Crippen molar-refractivity contribution in [1.82, 2.24) is 14.8 Å². The van der Waals surface area contributed by atoms with Crippen molar-refractivity contribution in [3.8, 4) is 17.1 Å². The largest absolute Gasteiger partial charge is 0.496 e. The Kier molecular flexibility index (Phi) is 13.0. The summed E-state index contributed by atoms with van der Waals surface area (Å²) in [5.41, 5.74) is 3.98. The van der Waals surface area contributed by atoms with E-state index in [2.05, 4.69) is 50.2 Å². The van der Waals surface area contributed by atoms with Gasteiger partial charge in [-0.3, -0.25) is 4.79 Å². The average Bonchev–Trinajstić information content (AvgIpc) is 3.63. The highest BCUT2D eigenvalue weighted by Crippen LogP contribution is 2.36. The van der Waals surface area contributed by atoms with Gasteiger partial charge in [0.2, 0.25) is 11.7 Å². The standard InChI is InChI=1S/C39H55N7O4/c1-11-15-17-26(13-3)37(47)41-27-18-21-31(49-10)29(24-27)34-43-35-32(38(48)50-39(6,7)8)33(40-9)36(46(35)44-34)42-30-20-19-28(23-25(30)5)45(14-4)22-16-12-2/h18-21,23-24,26H,9,11-17,22,40H2,1-8,10H3,(H,41,47)/b42-36+. The van der Waals surface area contributed by atoms with E-state index in [1.807, 2.05) is 40.7 Å². The predicted molar refractivity (Wildman–Crippen MR) is 200 cm³/mol. The molecule has 2 heterocycles. The number of nitrogens with zero attached hydrogens (tertiary/aromatic N) is 5. The van der Waals surface area contributed by atoms with Gasteiger partial charge in [-0.05, 0) is 95.8 Å². The number of unbranched alkanes of at least 4 members (excludes halogenated alkanes) is 2. The Morgan fingerprint density at radius 1 is 1.08 bits per heavy atom. The molecule has 2 aromatic carbocycles. The Hall–Kier alpha value is -4.51. The summed E-state index contributed by atoms with van der Waals surface area (Å²) in [5, 5.41) is 9.56. The third-order valence-corrected chi connectivity index (χ3v) is 8.76. The zero-order valence-corrected chi connectivity index (χ0v) is 31.4. The fourth-order valence-electron chi connectivity index (χ4n) is 5.98. The molecule has 50 heavy (non-hydrogen) atoms. The van der Waals surface area contributed by atoms with Crippen LogP contribution in [0.2, 0.25) is 0 Å². The van der Waals surface area contributed by atoms with Gasteiger partial charge in [0.1, 0.15) is 11.4 Å². The third kappa shape index (κ3) is 8.79. The summed E-state index contributed by atoms with van der Waals surface area (Å²) in [6, 6.07) is 11.6. The Morgan fingerprint density at radius 3 is 2.42 bits per heavy atom. The highest BCUT2D eigenvalue weighted by atomic mass is 16.6. The molecule has 11 heteroatoms. The fourth-order valence-corrected chi connectivity index (χ4v) is 5.98. The number of methoxy groups -OCH3 is 1. The van der Waals surface area contributed by atoms with Crippen LogP contribution in [0.3, 0.4) is 0 Å². The van der Waals surface area contributed by atoms with Gasteiger partial charge < -0.3 is 25.0 Å². The van der Waals surface area contributed by atoms with E-state index in [0.29, 0.717) is 34.4 Å². The van der Waals surface area contributed by atoms with Gasteiger partial charge in [0.15, 0.2) is 22.9 Å². The van der Waals surface area contributed by atoms with Gasteiger partial charge in [-0.1, -0.05) is 40.0 Å². The molecular weight excluding hydrogens is 630 g/mol. The van der Waals surface area contributed by atoms with Gasteiger partial charge in [-0.2, -0.15) is 4.68 Å². The molecule has 1 amide bonds. The van der Waals surface area contributed by atoms with E-state index in [-0.39, 0.29) is 23.2 Å². The zero-order valence-electron chi connectivity index (χ0n) is 31.4. The number of fused-ring (bicyclic) bond motifs is 1. The SMILES string of the molecule is [CH2-][NH2+]C1=C(C(=O)OC(C)(C)C)c2nc(-c3cc(NC(=O)C(CC)CCCC)ccc3OC)nn2/C1=N/c1ccc(N(CC)CCCC)cc1C. The Morgan fingerprint density at radius 2 is 1.82 bits per heavy atom. The third-order valence-electron chi connectivity index (χ3n) is 8.76. The van der Waals surface area contributed by atoms with Crippen LogP contribution < -0.4 is 20.3 Å². The molecule has 0 saturated carbocycles. The van der Waals surface area contributed by atoms with E-state index in [1.165, 1.54) is 0 Å². The van der Waals surface area contributed by atoms with Crippen LogP contribution in [0.1, 0.15) is 98.4 Å². The summed E-state index contributed by atoms with van der Waals surface area (Å²) in [4.78, 5) is 39.2. The van der Waals surface area contributed by atoms with Crippen molar-refractivity contribution in [2.45, 2.75) is 99.5 Å². The van der Waals surface area contributed by atoms with E-state index in [1.54, 1.807) is 35.3 Å². The number of quaternary nitrogens is 1. The summed E-state index contributed by atoms with van der Waals surface area (Å²) in [5.74, 6) is 0.878. The number of nitrogens with two attached hydrogens (primary N) is 1. The molecule has 0 saturated heterocycles. The summed E-state index contributed by atoms with van der Waals surface area (Å²) in [7, 11) is 5.60. The van der Waals surface area contributed by atoms with Crippen LogP contribution in [0.5, 0.6) is 5.75 Å². The van der Waals surface area contributed by atoms with Gasteiger partial charge in [0.05, 0.1) is 18.4 Å². The molecule has 0 spiro atoms. The van der Waals surface area contributed by atoms with Crippen LogP contribution >= 0.6 is 0 Å². The minimum Gasteiger partial charge on any atom is -0.496 e. The second-order valence-corrected chi connectivity index (χ2v) is 13.7. The molecule has 1 aromatic heterocycles. The number of aliphatic imine (C=N–C) groups is 1. The van der Waals surface area contributed by atoms with E-state index in [4.69, 9.17) is 24.5 Å². The minimum absolute atomic E-state index is 0.0219. The number of benzene rings is 2. The van der Waals surface area contributed by atoms with Crippen LogP contribution in [0.4, 0.5) is 17.1 Å². The number of carbonyl (C=O) groups excluding carboxylic acids is 2. The van der Waals surface area contributed by atoms with Crippen molar-refractivity contribution in [2.75, 3.05) is 30.4 Å². The normalized spacial score (nSPS) is 14.2. The van der Waals surface area contributed by atoms with Gasteiger partial charge in [-0.25, -0.2) is 14.8 Å². The number of aromatic nitrogens is 3. The molecule has 1 aliphatic rings. The average molecular weight is 686 g/mol. The first-order chi connectivity index (χ1) is 23.9. The number of esters is 1. The summed E-state index contributed by atoms with van der Waals surface area (Å²) >= 11 is 0. The van der Waals surface area contributed by atoms with E-state index in [0.717, 1.165) is 68.6 Å². The summed E-state index contributed by atoms with van der Waals surface area (Å²) in [6.45, 7) is 17.9. The maximum atomic E-state index is 13.8. The lowest BCUT2D eigenvalue weighted by molar-refractivity contribution is -0.533. The molecule has 0 radical (unpaired) electrons. The van der Waals surface area contributed by atoms with Crippen LogP contribution in [-0.2, 0) is 14.3 Å². The van der Waals surface area contributed by atoms with E-state index >= 15 is 0 Å². The van der Waals surface area contributed by atoms with Crippen molar-refractivity contribution < 1.29 is 24.4 Å². The molecule has 1 atom stereocenters. The minimum atomic E-state index is -0.747. The van der Waals surface area contributed by atoms with E-state index < -0.39 is 11.6 Å². The Labute approximate surface area is 297 Å². The van der Waals surface area contributed by atoms with Gasteiger partial charge in [-0.15, -0.1) is 12.1 Å². The lowest BCUT2D eigenvalue weighted by atomic mass is 9.98. The monoisotopic (exact) mass is 685 g/mol. The zero-order chi connectivity index (χ0) is 36.6. The van der Waals surface area contributed by atoms with Gasteiger partial charge in [0, 0.05) is 30.4 Å². The quantitative estimate of drug-likeness (QED) is 0.122. The highest BCUT2D eigenvalue weighted by molar-refractivity contribution is 6.27. The predicted octanol–water partition coefficient (Wildman–Crippen LogP) is 7.04. The van der Waals surface area contributed by atoms with Gasteiger partial charge in [0.25, 0.3) is 0 Å². The molecule has 0 bridgehead atoms. The van der Waals surface area contributed by atoms with Crippen LogP contribution in [0.15, 0.2) is 47.1 Å². The summed E-state index contributed by atoms with van der Waals surface area (Å²) < 4.78 is 13.1. The molecule has 3 N–H and O–H groups in total. The lowest BCUT2D eigenvalue weighted by Gasteiger charge is -2.23. The van der Waals surface area contributed by atoms with Crippen molar-refractivity contribution in [3.63, 3.8) is 0 Å². The molecule has 0 fully saturated rings. The van der Waals surface area contributed by atoms with E-state index in [9.17, 15) is 9.59 Å². The topological polar surface area (TPSA) is 128 Å². The fraction of sp³-hybridized carbons (Fsp3) is 0.487. The molecular formula is C39H55N7O4. The van der Waals surface area contributed by atoms with Crippen LogP contribution in [-0.4, -0.2) is 58.3 Å². The number of allylic oxidation sites excluding steroid dienone is 1. The van der Waals surface area contributed by atoms with Crippen molar-refractivity contribution in [3.05, 3.63) is 60.5 Å². The molecule has 4 rings (SSSR count). The van der Waals surface area contributed by atoms with Crippen molar-refractivity contribution >= 4 is 40.3 Å². The first-order valence-corrected chi connectivity index (χ1v) is 17.9. The number of amides is 1. The molecule has 1 aliphatic heterocycles. The maximum absolute atomic E-state index is 13.8. The second kappa shape index (κ2) is 16.9. The second-order valence-electron chi connectivity index (χ2n) is 13.7. The molecule has 1 unspecified atom stereocenters. The lowest BCUT2D eigenvalue weighted by Crippen LogP contribution is -2.76.